The number of thiophene rings is 1. The number of hydrogen-bond acceptors (Lipinski definition) is 7. The van der Waals surface area contributed by atoms with Crippen LogP contribution in [0.15, 0.2) is 64.2 Å². The average molecular weight is 632 g/mol. The molecular weight excluding hydrogens is 603 g/mol. The maximum Gasteiger partial charge on any atom is 0.336 e. The summed E-state index contributed by atoms with van der Waals surface area (Å²) in [5, 5.41) is 12.0. The number of halogens is 3. The summed E-state index contributed by atoms with van der Waals surface area (Å²) in [6.07, 6.45) is 0. The van der Waals surface area contributed by atoms with Gasteiger partial charge in [0.1, 0.15) is 10.0 Å². The lowest BCUT2D eigenvalue weighted by molar-refractivity contribution is 0.0699. The number of aryl methyl sites for hydroxylation is 1. The Labute approximate surface area is 250 Å². The van der Waals surface area contributed by atoms with Crippen LogP contribution in [-0.2, 0) is 10.0 Å². The van der Waals surface area contributed by atoms with E-state index in [2.05, 4.69) is 46.6 Å². The highest BCUT2D eigenvalue weighted by atomic mass is 35.5. The summed E-state index contributed by atoms with van der Waals surface area (Å²) in [5.41, 5.74) is 4.63. The topological polar surface area (TPSA) is 103 Å². The molecule has 1 fully saturated rings. The summed E-state index contributed by atoms with van der Waals surface area (Å²) in [7, 11) is -3.74. The quantitative estimate of drug-likeness (QED) is 0.269. The molecule has 4 aromatic rings. The van der Waals surface area contributed by atoms with E-state index in [0.717, 1.165) is 24.4 Å². The van der Waals surface area contributed by atoms with Crippen LogP contribution in [0.4, 0.5) is 17.2 Å². The first-order valence-electron chi connectivity index (χ1n) is 11.5. The van der Waals surface area contributed by atoms with Crippen LogP contribution in [0.2, 0.25) is 0 Å². The first-order valence-corrected chi connectivity index (χ1v) is 13.9. The van der Waals surface area contributed by atoms with Gasteiger partial charge in [-0.25, -0.2) is 18.2 Å². The molecule has 13 heteroatoms. The highest BCUT2D eigenvalue weighted by molar-refractivity contribution is 7.94. The molecule has 39 heavy (non-hydrogen) atoms. The highest BCUT2D eigenvalue weighted by Gasteiger charge is 2.23. The molecule has 2 aromatic heterocycles. The molecular formula is C26H29Cl3N4O4S2. The molecule has 0 spiro atoms. The van der Waals surface area contributed by atoms with E-state index < -0.39 is 16.0 Å². The Bertz CT molecular complexity index is 1560. The van der Waals surface area contributed by atoms with Crippen molar-refractivity contribution in [3.05, 3.63) is 76.7 Å². The zero-order valence-corrected chi connectivity index (χ0v) is 25.2. The van der Waals surface area contributed by atoms with Crippen molar-refractivity contribution in [2.45, 2.75) is 18.1 Å². The molecule has 0 unspecified atom stereocenters. The minimum Gasteiger partial charge on any atom is -0.478 e. The Balaban J connectivity index is 0.00000178. The number of carboxylic acid groups (broad SMARTS) is 1. The Kier molecular flexibility index (Phi) is 10.9. The fourth-order valence-corrected chi connectivity index (χ4v) is 6.53. The summed E-state index contributed by atoms with van der Waals surface area (Å²) in [5.74, 6) is -0.483. The maximum atomic E-state index is 12.6. The number of hydrogen-bond donors (Lipinski definition) is 2. The van der Waals surface area contributed by atoms with Gasteiger partial charge in [0.2, 0.25) is 0 Å². The lowest BCUT2D eigenvalue weighted by Crippen LogP contribution is -2.47. The molecule has 0 aliphatic carbocycles. The molecule has 0 radical (unpaired) electrons. The summed E-state index contributed by atoms with van der Waals surface area (Å²) < 4.78 is 27.9. The number of nitrogens with zero attached hydrogens (tertiary/aromatic N) is 3. The monoisotopic (exact) mass is 630 g/mol. The molecule has 1 aliphatic rings. The highest BCUT2D eigenvalue weighted by Crippen LogP contribution is 2.29. The normalized spacial score (nSPS) is 13.2. The van der Waals surface area contributed by atoms with Crippen LogP contribution in [0.5, 0.6) is 0 Å². The van der Waals surface area contributed by atoms with Crippen LogP contribution in [0, 0.1) is 13.8 Å². The first-order chi connectivity index (χ1) is 17.2. The van der Waals surface area contributed by atoms with Crippen LogP contribution in [-0.4, -0.2) is 50.7 Å². The van der Waals surface area contributed by atoms with Crippen LogP contribution < -0.4 is 14.5 Å². The van der Waals surface area contributed by atoms with Gasteiger partial charge in [0.15, 0.2) is 0 Å². The molecule has 2 N–H and O–H groups in total. The van der Waals surface area contributed by atoms with Gasteiger partial charge in [0.25, 0.3) is 10.0 Å². The number of fused-ring (bicyclic) bond motifs is 1. The van der Waals surface area contributed by atoms with Crippen molar-refractivity contribution >= 4 is 92.6 Å². The Hall–Kier alpha value is -2.76. The zero-order valence-electron chi connectivity index (χ0n) is 21.2. The number of aromatic carboxylic acids is 1. The zero-order chi connectivity index (χ0) is 25.4. The van der Waals surface area contributed by atoms with Crippen LogP contribution >= 0.6 is 48.6 Å². The van der Waals surface area contributed by atoms with Crippen molar-refractivity contribution in [1.29, 1.82) is 0 Å². The third-order valence-corrected chi connectivity index (χ3v) is 9.34. The van der Waals surface area contributed by atoms with Crippen molar-refractivity contribution in [2.24, 2.45) is 0 Å². The van der Waals surface area contributed by atoms with Crippen LogP contribution in [0.1, 0.15) is 21.5 Å². The number of aromatic nitrogens is 1. The van der Waals surface area contributed by atoms with Gasteiger partial charge in [-0.2, -0.15) is 0 Å². The van der Waals surface area contributed by atoms with E-state index >= 15 is 0 Å². The molecule has 3 heterocycles. The minimum atomic E-state index is -3.74. The number of pyridine rings is 1. The molecule has 0 amide bonds. The van der Waals surface area contributed by atoms with Gasteiger partial charge >= 0.3 is 5.97 Å². The molecule has 1 aliphatic heterocycles. The van der Waals surface area contributed by atoms with Crippen LogP contribution in [0.25, 0.3) is 10.9 Å². The van der Waals surface area contributed by atoms with Crippen molar-refractivity contribution in [3.8, 4) is 0 Å². The summed E-state index contributed by atoms with van der Waals surface area (Å²) >= 11 is 1.11. The van der Waals surface area contributed by atoms with Gasteiger partial charge in [-0.3, -0.25) is 4.72 Å². The molecule has 0 atom stereocenters. The number of carboxylic acids is 1. The van der Waals surface area contributed by atoms with E-state index in [0.29, 0.717) is 29.8 Å². The number of carbonyl (C=O) groups is 1. The number of rotatable bonds is 6. The third kappa shape index (κ3) is 6.70. The van der Waals surface area contributed by atoms with E-state index in [1.165, 1.54) is 28.9 Å². The smallest absolute Gasteiger partial charge is 0.336 e. The standard InChI is InChI=1S/C26H26N4O4S2.3ClH/c1-17-5-3-6-23(18(17)2)29-10-12-30(13-11-29)24-16-21(26(31)32)20-15-19(8-9-22(20)27-24)28-36(33,34)25-7-4-14-35-25;;;/h3-9,14-16,28H,10-13H2,1-2H3,(H,31,32);3*1H. The number of anilines is 3. The van der Waals surface area contributed by atoms with Crippen molar-refractivity contribution < 1.29 is 18.3 Å². The van der Waals surface area contributed by atoms with E-state index in [1.54, 1.807) is 29.6 Å². The second kappa shape index (κ2) is 13.1. The molecule has 0 bridgehead atoms. The fraction of sp³-hybridized carbons (Fsp3) is 0.231. The molecule has 0 saturated carbocycles. The van der Waals surface area contributed by atoms with Gasteiger partial charge in [0.05, 0.1) is 11.1 Å². The predicted octanol–water partition coefficient (Wildman–Crippen LogP) is 6.00. The molecule has 1 saturated heterocycles. The number of benzene rings is 2. The first kappa shape index (κ1) is 32.5. The second-order valence-electron chi connectivity index (χ2n) is 8.80. The van der Waals surface area contributed by atoms with E-state index in [9.17, 15) is 18.3 Å². The summed E-state index contributed by atoms with van der Waals surface area (Å²) in [6, 6.07) is 15.9. The maximum absolute atomic E-state index is 12.6. The van der Waals surface area contributed by atoms with Gasteiger partial charge < -0.3 is 14.9 Å². The molecule has 210 valence electrons. The molecule has 8 nitrogen and oxygen atoms in total. The number of sulfonamides is 1. The van der Waals surface area contributed by atoms with Gasteiger partial charge in [-0.15, -0.1) is 48.6 Å². The molecule has 5 rings (SSSR count). The van der Waals surface area contributed by atoms with Gasteiger partial charge in [-0.1, -0.05) is 18.2 Å². The Morgan fingerprint density at radius 3 is 2.28 bits per heavy atom. The van der Waals surface area contributed by atoms with Crippen molar-refractivity contribution in [2.75, 3.05) is 40.7 Å². The molecule has 2 aromatic carbocycles. The number of piperazine rings is 1. The number of nitrogens with one attached hydrogen (secondary N) is 1. The average Bonchev–Trinajstić information content (AvgIpc) is 3.41. The Morgan fingerprint density at radius 2 is 1.64 bits per heavy atom. The summed E-state index contributed by atoms with van der Waals surface area (Å²) in [6.45, 7) is 7.27. The lowest BCUT2D eigenvalue weighted by Gasteiger charge is -2.37. The Morgan fingerprint density at radius 1 is 0.949 bits per heavy atom. The van der Waals surface area contributed by atoms with E-state index in [4.69, 9.17) is 4.98 Å². The van der Waals surface area contributed by atoms with Crippen molar-refractivity contribution in [1.82, 2.24) is 4.98 Å². The van der Waals surface area contributed by atoms with Gasteiger partial charge in [0, 0.05) is 42.9 Å². The second-order valence-corrected chi connectivity index (χ2v) is 11.7. The van der Waals surface area contributed by atoms with Crippen LogP contribution in [0.3, 0.4) is 0 Å². The minimum absolute atomic E-state index is 0. The van der Waals surface area contributed by atoms with E-state index in [1.807, 2.05) is 0 Å². The van der Waals surface area contributed by atoms with E-state index in [-0.39, 0.29) is 52.7 Å². The predicted molar refractivity (Wildman–Crippen MR) is 166 cm³/mol. The summed E-state index contributed by atoms with van der Waals surface area (Å²) in [4.78, 5) is 21.3. The third-order valence-electron chi connectivity index (χ3n) is 6.56. The fourth-order valence-electron chi connectivity index (χ4n) is 4.49. The van der Waals surface area contributed by atoms with Crippen molar-refractivity contribution in [3.63, 3.8) is 0 Å². The largest absolute Gasteiger partial charge is 0.478 e. The van der Waals surface area contributed by atoms with Gasteiger partial charge in [-0.05, 0) is 66.8 Å². The lowest BCUT2D eigenvalue weighted by atomic mass is 10.1. The SMILES string of the molecule is Cc1cccc(N2CCN(c3cc(C(=O)O)c4cc(NS(=O)(=O)c5cccs5)ccc4n3)CC2)c1C.Cl.Cl.Cl.